The molecule has 0 unspecified atom stereocenters. The van der Waals surface area contributed by atoms with Gasteiger partial charge in [-0.05, 0) is 38.8 Å². The van der Waals surface area contributed by atoms with Crippen LogP contribution in [0.15, 0.2) is 33.8 Å². The molecule has 0 atom stereocenters. The molecule has 25 heavy (non-hydrogen) atoms. The summed E-state index contributed by atoms with van der Waals surface area (Å²) in [6.07, 6.45) is 2.18. The number of aryl methyl sites for hydroxylation is 2. The molecule has 0 saturated heterocycles. The Balaban J connectivity index is 1.88. The number of nitrogens with zero attached hydrogens (tertiary/aromatic N) is 1. The molecular formula is C18H19N3O4. The zero-order chi connectivity index (χ0) is 18.0. The first kappa shape index (κ1) is 16.8. The second-order valence-electron chi connectivity index (χ2n) is 5.95. The Morgan fingerprint density at radius 3 is 2.60 bits per heavy atom. The SMILES string of the molecule is Cc1ccc(OC(=O)c2oc3c(c2C)/C(=N/NC(N)=O)CCC3)cc1. The molecule has 7 nitrogen and oxygen atoms in total. The topological polar surface area (TPSA) is 107 Å². The minimum absolute atomic E-state index is 0.152. The smallest absolute Gasteiger partial charge is 0.379 e. The van der Waals surface area contributed by atoms with E-state index in [0.717, 1.165) is 17.5 Å². The molecule has 7 heteroatoms. The van der Waals surface area contributed by atoms with Gasteiger partial charge in [0, 0.05) is 17.5 Å². The Kier molecular flexibility index (Phi) is 4.56. The van der Waals surface area contributed by atoms with Crippen molar-refractivity contribution in [1.82, 2.24) is 5.43 Å². The molecule has 2 aromatic rings. The molecule has 2 amide bonds. The number of benzene rings is 1. The van der Waals surface area contributed by atoms with Gasteiger partial charge in [0.05, 0.1) is 5.71 Å². The number of fused-ring (bicyclic) bond motifs is 1. The summed E-state index contributed by atoms with van der Waals surface area (Å²) in [4.78, 5) is 23.4. The number of nitrogens with two attached hydrogens (primary N) is 1. The number of ether oxygens (including phenoxy) is 1. The van der Waals surface area contributed by atoms with Crippen molar-refractivity contribution in [3.63, 3.8) is 0 Å². The molecule has 0 spiro atoms. The largest absolute Gasteiger partial charge is 0.453 e. The quantitative estimate of drug-likeness (QED) is 0.508. The van der Waals surface area contributed by atoms with Crippen LogP contribution < -0.4 is 15.9 Å². The van der Waals surface area contributed by atoms with Gasteiger partial charge in [-0.15, -0.1) is 0 Å². The molecule has 0 bridgehead atoms. The van der Waals surface area contributed by atoms with E-state index in [-0.39, 0.29) is 5.76 Å². The van der Waals surface area contributed by atoms with Crippen LogP contribution in [0.3, 0.4) is 0 Å². The van der Waals surface area contributed by atoms with Gasteiger partial charge in [0.15, 0.2) is 0 Å². The fourth-order valence-corrected chi connectivity index (χ4v) is 2.86. The van der Waals surface area contributed by atoms with E-state index >= 15 is 0 Å². The lowest BCUT2D eigenvalue weighted by molar-refractivity contribution is 0.0698. The Morgan fingerprint density at radius 2 is 1.92 bits per heavy atom. The lowest BCUT2D eigenvalue weighted by Crippen LogP contribution is -2.27. The second kappa shape index (κ2) is 6.80. The summed E-state index contributed by atoms with van der Waals surface area (Å²) in [5.41, 5.74) is 10.4. The average Bonchev–Trinajstić information content (AvgIpc) is 2.93. The third-order valence-electron chi connectivity index (χ3n) is 4.04. The van der Waals surface area contributed by atoms with Crippen LogP contribution >= 0.6 is 0 Å². The highest BCUT2D eigenvalue weighted by atomic mass is 16.5. The molecule has 3 N–H and O–H groups in total. The van der Waals surface area contributed by atoms with E-state index in [2.05, 4.69) is 10.5 Å². The molecule has 0 fully saturated rings. The minimum atomic E-state index is -0.736. The predicted molar refractivity (Wildman–Crippen MR) is 91.8 cm³/mol. The van der Waals surface area contributed by atoms with Gasteiger partial charge in [0.25, 0.3) is 0 Å². The van der Waals surface area contributed by atoms with E-state index in [9.17, 15) is 9.59 Å². The van der Waals surface area contributed by atoms with Crippen LogP contribution in [0.25, 0.3) is 0 Å². The van der Waals surface area contributed by atoms with Crippen molar-refractivity contribution < 1.29 is 18.7 Å². The Labute approximate surface area is 144 Å². The normalized spacial score (nSPS) is 14.9. The van der Waals surface area contributed by atoms with Gasteiger partial charge in [0.1, 0.15) is 11.5 Å². The number of hydrazone groups is 1. The number of hydrogen-bond acceptors (Lipinski definition) is 5. The molecule has 1 heterocycles. The van der Waals surface area contributed by atoms with Crippen molar-refractivity contribution in [1.29, 1.82) is 0 Å². The Morgan fingerprint density at radius 1 is 1.20 bits per heavy atom. The first-order chi connectivity index (χ1) is 12.0. The van der Waals surface area contributed by atoms with E-state index in [1.807, 2.05) is 19.1 Å². The third-order valence-corrected chi connectivity index (χ3v) is 4.04. The highest BCUT2D eigenvalue weighted by Crippen LogP contribution is 2.30. The van der Waals surface area contributed by atoms with Crippen molar-refractivity contribution in [3.05, 3.63) is 52.5 Å². The standard InChI is InChI=1S/C18H19N3O4/c1-10-6-8-12(9-7-10)24-17(22)16-11(2)15-13(20-21-18(19)23)4-3-5-14(15)25-16/h6-9H,3-5H2,1-2H3,(H3,19,21,23)/b20-13+. The summed E-state index contributed by atoms with van der Waals surface area (Å²) in [6.45, 7) is 3.73. The van der Waals surface area contributed by atoms with Crippen LogP contribution in [-0.4, -0.2) is 17.7 Å². The molecule has 0 radical (unpaired) electrons. The molecule has 130 valence electrons. The van der Waals surface area contributed by atoms with Gasteiger partial charge < -0.3 is 14.9 Å². The number of carbonyl (C=O) groups excluding carboxylic acids is 2. The van der Waals surface area contributed by atoms with Crippen LogP contribution in [0.4, 0.5) is 4.79 Å². The maximum atomic E-state index is 12.5. The number of carbonyl (C=O) groups is 2. The monoisotopic (exact) mass is 341 g/mol. The van der Waals surface area contributed by atoms with Gasteiger partial charge in [-0.1, -0.05) is 17.7 Å². The highest BCUT2D eigenvalue weighted by molar-refractivity contribution is 6.06. The van der Waals surface area contributed by atoms with Crippen LogP contribution in [-0.2, 0) is 6.42 Å². The molecule has 1 aromatic heterocycles. The first-order valence-electron chi connectivity index (χ1n) is 7.99. The highest BCUT2D eigenvalue weighted by Gasteiger charge is 2.29. The molecule has 1 aliphatic rings. The zero-order valence-electron chi connectivity index (χ0n) is 14.1. The van der Waals surface area contributed by atoms with Gasteiger partial charge in [-0.2, -0.15) is 5.10 Å². The summed E-state index contributed by atoms with van der Waals surface area (Å²) in [5, 5.41) is 4.03. The van der Waals surface area contributed by atoms with E-state index < -0.39 is 12.0 Å². The molecule has 1 aromatic carbocycles. The number of nitrogens with one attached hydrogen (secondary N) is 1. The minimum Gasteiger partial charge on any atom is -0.453 e. The Bertz CT molecular complexity index is 850. The number of furan rings is 1. The second-order valence-corrected chi connectivity index (χ2v) is 5.95. The molecule has 0 aliphatic heterocycles. The van der Waals surface area contributed by atoms with Gasteiger partial charge in [-0.3, -0.25) is 0 Å². The average molecular weight is 341 g/mol. The van der Waals surface area contributed by atoms with Gasteiger partial charge in [-0.25, -0.2) is 15.0 Å². The number of esters is 1. The van der Waals surface area contributed by atoms with Gasteiger partial charge >= 0.3 is 12.0 Å². The summed E-state index contributed by atoms with van der Waals surface area (Å²) < 4.78 is 11.1. The van der Waals surface area contributed by atoms with Crippen molar-refractivity contribution >= 4 is 17.7 Å². The van der Waals surface area contributed by atoms with Crippen LogP contribution in [0.1, 0.15) is 45.8 Å². The summed E-state index contributed by atoms with van der Waals surface area (Å²) >= 11 is 0. The molecule has 0 saturated carbocycles. The maximum absolute atomic E-state index is 12.5. The molecule has 1 aliphatic carbocycles. The predicted octanol–water partition coefficient (Wildman–Crippen LogP) is 2.82. The third kappa shape index (κ3) is 3.55. The van der Waals surface area contributed by atoms with Crippen LogP contribution in [0.2, 0.25) is 0 Å². The number of rotatable bonds is 3. The van der Waals surface area contributed by atoms with E-state index in [0.29, 0.717) is 35.6 Å². The fourth-order valence-electron chi connectivity index (χ4n) is 2.86. The fraction of sp³-hybridized carbons (Fsp3) is 0.278. The Hall–Kier alpha value is -3.09. The summed E-state index contributed by atoms with van der Waals surface area (Å²) in [7, 11) is 0. The zero-order valence-corrected chi connectivity index (χ0v) is 14.1. The summed E-state index contributed by atoms with van der Waals surface area (Å²) in [6, 6.07) is 6.45. The molecular weight excluding hydrogens is 322 g/mol. The van der Waals surface area contributed by atoms with E-state index in [1.165, 1.54) is 0 Å². The number of amides is 2. The lowest BCUT2D eigenvalue weighted by Gasteiger charge is -2.12. The van der Waals surface area contributed by atoms with Crippen molar-refractivity contribution in [2.45, 2.75) is 33.1 Å². The maximum Gasteiger partial charge on any atom is 0.379 e. The number of primary amides is 1. The van der Waals surface area contributed by atoms with Crippen molar-refractivity contribution in [2.24, 2.45) is 10.8 Å². The number of hydrogen-bond donors (Lipinski definition) is 2. The van der Waals surface area contributed by atoms with Crippen molar-refractivity contribution in [2.75, 3.05) is 0 Å². The van der Waals surface area contributed by atoms with Gasteiger partial charge in [0.2, 0.25) is 5.76 Å². The van der Waals surface area contributed by atoms with Crippen molar-refractivity contribution in [3.8, 4) is 5.75 Å². The van der Waals surface area contributed by atoms with Crippen LogP contribution in [0.5, 0.6) is 5.75 Å². The summed E-state index contributed by atoms with van der Waals surface area (Å²) in [5.74, 6) is 0.718. The van der Waals surface area contributed by atoms with Crippen LogP contribution in [0, 0.1) is 13.8 Å². The molecule has 3 rings (SSSR count). The lowest BCUT2D eigenvalue weighted by atomic mass is 9.93. The first-order valence-corrected chi connectivity index (χ1v) is 7.99. The number of urea groups is 1. The van der Waals surface area contributed by atoms with E-state index in [4.69, 9.17) is 14.9 Å². The van der Waals surface area contributed by atoms with E-state index in [1.54, 1.807) is 19.1 Å².